The third-order valence-electron chi connectivity index (χ3n) is 15.0. The number of aliphatic hydroxyl groups is 7. The van der Waals surface area contributed by atoms with E-state index in [0.29, 0.717) is 12.8 Å². The Bertz CT molecular complexity index is 1350. The molecule has 11 unspecified atom stereocenters. The second-order valence-electron chi connectivity index (χ2n) is 21.9. The minimum Gasteiger partial charge on any atom is -0.462 e. The number of ether oxygens (including phenoxy) is 6. The van der Waals surface area contributed by atoms with E-state index in [1.807, 2.05) is 0 Å². The summed E-state index contributed by atoms with van der Waals surface area (Å²) in [5.41, 5.74) is 0. The first kappa shape index (κ1) is 69.3. The highest BCUT2D eigenvalue weighted by Gasteiger charge is 2.47. The SMILES string of the molecule is CCCCCCCCCC/C=C\CCCCCCCCCCCC(=O)OC(COC(=O)CCCCCCCCCCCCCCCCCCCC)COC1OC(COC2OC(CO)C(O)C(O)C2O)C(O)C(O)C1O. The fourth-order valence-corrected chi connectivity index (χ4v) is 9.98. The lowest BCUT2D eigenvalue weighted by atomic mass is 9.98. The smallest absolute Gasteiger partial charge is 0.306 e. The molecule has 0 spiro atoms. The molecule has 442 valence electrons. The maximum atomic E-state index is 13.1. The normalized spacial score (nSPS) is 24.5. The Kier molecular flexibility index (Phi) is 43.5. The highest BCUT2D eigenvalue weighted by Crippen LogP contribution is 2.27. The fourth-order valence-electron chi connectivity index (χ4n) is 9.98. The van der Waals surface area contributed by atoms with Gasteiger partial charge in [0, 0.05) is 12.8 Å². The molecule has 0 aromatic heterocycles. The second-order valence-corrected chi connectivity index (χ2v) is 21.9. The molecule has 0 aromatic rings. The maximum Gasteiger partial charge on any atom is 0.306 e. The van der Waals surface area contributed by atoms with E-state index in [0.717, 1.165) is 38.5 Å². The summed E-state index contributed by atoms with van der Waals surface area (Å²) >= 11 is 0. The Morgan fingerprint density at radius 2 is 0.760 bits per heavy atom. The van der Waals surface area contributed by atoms with Gasteiger partial charge in [-0.25, -0.2) is 0 Å². The van der Waals surface area contributed by atoms with E-state index < -0.39 is 92.7 Å². The van der Waals surface area contributed by atoms with Crippen LogP contribution in [0.15, 0.2) is 12.2 Å². The minimum atomic E-state index is -1.76. The summed E-state index contributed by atoms with van der Waals surface area (Å²) in [4.78, 5) is 25.9. The average Bonchev–Trinajstić information content (AvgIpc) is 3.40. The van der Waals surface area contributed by atoms with Gasteiger partial charge in [0.05, 0.1) is 19.8 Å². The van der Waals surface area contributed by atoms with Crippen LogP contribution < -0.4 is 0 Å². The summed E-state index contributed by atoms with van der Waals surface area (Å²) in [6.45, 7) is 2.65. The number of carbonyl (C=O) groups excluding carboxylic acids is 2. The fraction of sp³-hybridized carbons (Fsp3) is 0.933. The van der Waals surface area contributed by atoms with Gasteiger partial charge in [0.15, 0.2) is 18.7 Å². The highest BCUT2D eigenvalue weighted by atomic mass is 16.7. The Morgan fingerprint density at radius 1 is 0.413 bits per heavy atom. The number of carbonyl (C=O) groups is 2. The van der Waals surface area contributed by atoms with Gasteiger partial charge in [0.1, 0.15) is 55.4 Å². The number of hydrogen-bond acceptors (Lipinski definition) is 15. The van der Waals surface area contributed by atoms with E-state index in [9.17, 15) is 45.3 Å². The molecular weight excluding hydrogens is 961 g/mol. The van der Waals surface area contributed by atoms with Crippen molar-refractivity contribution in [2.45, 2.75) is 332 Å². The van der Waals surface area contributed by atoms with Crippen molar-refractivity contribution in [3.05, 3.63) is 12.2 Å². The Balaban J connectivity index is 1.73. The molecule has 2 aliphatic rings. The molecule has 7 N–H and O–H groups in total. The summed E-state index contributed by atoms with van der Waals surface area (Å²) in [7, 11) is 0. The molecule has 2 fully saturated rings. The molecule has 0 aliphatic carbocycles. The van der Waals surface area contributed by atoms with Gasteiger partial charge in [-0.1, -0.05) is 225 Å². The van der Waals surface area contributed by atoms with E-state index in [-0.39, 0.29) is 26.1 Å². The van der Waals surface area contributed by atoms with E-state index in [1.54, 1.807) is 0 Å². The molecule has 0 bridgehead atoms. The second kappa shape index (κ2) is 47.1. The van der Waals surface area contributed by atoms with Crippen LogP contribution in [0.25, 0.3) is 0 Å². The van der Waals surface area contributed by atoms with E-state index in [4.69, 9.17) is 28.4 Å². The number of rotatable bonds is 50. The van der Waals surface area contributed by atoms with E-state index in [1.165, 1.54) is 186 Å². The number of allylic oxidation sites excluding steroid dienone is 2. The quantitative estimate of drug-likeness (QED) is 0.0171. The molecule has 2 saturated heterocycles. The molecule has 0 radical (unpaired) electrons. The lowest BCUT2D eigenvalue weighted by molar-refractivity contribution is -0.332. The minimum absolute atomic E-state index is 0.168. The first-order valence-electron chi connectivity index (χ1n) is 30.8. The third kappa shape index (κ3) is 34.1. The third-order valence-corrected chi connectivity index (χ3v) is 15.0. The van der Waals surface area contributed by atoms with Gasteiger partial charge in [-0.15, -0.1) is 0 Å². The van der Waals surface area contributed by atoms with Crippen LogP contribution in [0.4, 0.5) is 0 Å². The Morgan fingerprint density at radius 3 is 1.17 bits per heavy atom. The van der Waals surface area contributed by atoms with Crippen LogP contribution in [-0.4, -0.2) is 142 Å². The predicted octanol–water partition coefficient (Wildman–Crippen LogP) is 10.9. The lowest BCUT2D eigenvalue weighted by Gasteiger charge is -2.42. The molecule has 15 nitrogen and oxygen atoms in total. The first-order chi connectivity index (χ1) is 36.5. The zero-order valence-corrected chi connectivity index (χ0v) is 47.3. The summed E-state index contributed by atoms with van der Waals surface area (Å²) in [6, 6.07) is 0. The summed E-state index contributed by atoms with van der Waals surface area (Å²) in [5, 5.41) is 72.4. The highest BCUT2D eigenvalue weighted by molar-refractivity contribution is 5.70. The van der Waals surface area contributed by atoms with Crippen molar-refractivity contribution in [2.24, 2.45) is 0 Å². The molecule has 75 heavy (non-hydrogen) atoms. The van der Waals surface area contributed by atoms with Crippen molar-refractivity contribution in [3.8, 4) is 0 Å². The standard InChI is InChI=1S/C60H112O15/c1-3-5-7-9-11-13-15-17-19-21-23-24-25-27-29-31-33-35-37-39-41-43-52(63)73-48(45-70-51(62)42-40-38-36-34-32-30-28-26-22-20-18-16-14-12-10-8-6-4-2)46-71-59-58(69)56(67)54(65)50(75-59)47-72-60-57(68)55(66)53(64)49(44-61)74-60/h21,23,48-50,53-61,64-69H,3-20,22,24-47H2,1-2H3/b23-21-. The van der Waals surface area contributed by atoms with Crippen LogP contribution in [0, 0.1) is 0 Å². The molecule has 0 aromatic carbocycles. The topological polar surface area (TPSA) is 231 Å². The van der Waals surface area contributed by atoms with Crippen LogP contribution in [0.5, 0.6) is 0 Å². The van der Waals surface area contributed by atoms with Crippen LogP contribution >= 0.6 is 0 Å². The monoisotopic (exact) mass is 1070 g/mol. The summed E-state index contributed by atoms with van der Waals surface area (Å²) < 4.78 is 33.8. The van der Waals surface area contributed by atoms with Gasteiger partial charge in [-0.3, -0.25) is 9.59 Å². The molecule has 11 atom stereocenters. The van der Waals surface area contributed by atoms with E-state index in [2.05, 4.69) is 26.0 Å². The van der Waals surface area contributed by atoms with Crippen LogP contribution in [0.2, 0.25) is 0 Å². The van der Waals surface area contributed by atoms with Crippen molar-refractivity contribution in [1.82, 2.24) is 0 Å². The lowest BCUT2D eigenvalue weighted by Crippen LogP contribution is -2.61. The van der Waals surface area contributed by atoms with Crippen LogP contribution in [0.1, 0.15) is 264 Å². The summed E-state index contributed by atoms with van der Waals surface area (Å²) in [5.74, 6) is -0.909. The molecule has 0 amide bonds. The Hall–Kier alpha value is -1.76. The number of hydrogen-bond donors (Lipinski definition) is 7. The van der Waals surface area contributed by atoms with Crippen molar-refractivity contribution < 1.29 is 73.8 Å². The number of unbranched alkanes of at least 4 members (excludes halogenated alkanes) is 34. The van der Waals surface area contributed by atoms with Crippen LogP contribution in [0.3, 0.4) is 0 Å². The van der Waals surface area contributed by atoms with E-state index >= 15 is 0 Å². The molecule has 0 saturated carbocycles. The van der Waals surface area contributed by atoms with Crippen molar-refractivity contribution in [2.75, 3.05) is 26.4 Å². The molecule has 15 heteroatoms. The molecular formula is C60H112O15. The number of aliphatic hydroxyl groups excluding tert-OH is 7. The van der Waals surface area contributed by atoms with Gasteiger partial charge in [0.2, 0.25) is 0 Å². The van der Waals surface area contributed by atoms with Gasteiger partial charge >= 0.3 is 11.9 Å². The van der Waals surface area contributed by atoms with Gasteiger partial charge in [-0.05, 0) is 38.5 Å². The van der Waals surface area contributed by atoms with Gasteiger partial charge in [0.25, 0.3) is 0 Å². The maximum absolute atomic E-state index is 13.1. The summed E-state index contributed by atoms with van der Waals surface area (Å²) in [6.07, 6.45) is 33.7. The molecule has 2 aliphatic heterocycles. The van der Waals surface area contributed by atoms with Crippen molar-refractivity contribution in [3.63, 3.8) is 0 Å². The molecule has 2 rings (SSSR count). The first-order valence-corrected chi connectivity index (χ1v) is 30.8. The molecule has 2 heterocycles. The van der Waals surface area contributed by atoms with Crippen molar-refractivity contribution in [1.29, 1.82) is 0 Å². The average molecular weight is 1070 g/mol. The zero-order valence-electron chi connectivity index (χ0n) is 47.3. The van der Waals surface area contributed by atoms with Gasteiger partial charge in [-0.2, -0.15) is 0 Å². The predicted molar refractivity (Wildman–Crippen MR) is 294 cm³/mol. The number of esters is 2. The van der Waals surface area contributed by atoms with Gasteiger partial charge < -0.3 is 64.2 Å². The Labute approximate surface area is 454 Å². The van der Waals surface area contributed by atoms with Crippen molar-refractivity contribution >= 4 is 11.9 Å². The largest absolute Gasteiger partial charge is 0.462 e. The zero-order chi connectivity index (χ0) is 54.6. The van der Waals surface area contributed by atoms with Crippen LogP contribution in [-0.2, 0) is 38.0 Å².